The minimum Gasteiger partial charge on any atom is -0.465 e. The number of amides is 1. The maximum absolute atomic E-state index is 10.9. The smallest absolute Gasteiger partial charge is 0.407 e. The van der Waals surface area contributed by atoms with Gasteiger partial charge in [0.1, 0.15) is 0 Å². The van der Waals surface area contributed by atoms with E-state index in [-0.39, 0.29) is 6.61 Å². The van der Waals surface area contributed by atoms with E-state index in [0.717, 1.165) is 16.8 Å². The van der Waals surface area contributed by atoms with Crippen molar-refractivity contribution in [2.24, 2.45) is 0 Å². The van der Waals surface area contributed by atoms with E-state index >= 15 is 0 Å². The van der Waals surface area contributed by atoms with Gasteiger partial charge in [-0.2, -0.15) is 0 Å². The third-order valence-electron chi connectivity index (χ3n) is 3.92. The lowest BCUT2D eigenvalue weighted by Gasteiger charge is -2.34. The molecule has 3 rings (SSSR count). The van der Waals surface area contributed by atoms with Crippen LogP contribution in [0.5, 0.6) is 0 Å². The fraction of sp³-hybridized carbons (Fsp3) is 0.312. The Bertz CT molecular complexity index is 682. The molecule has 0 radical (unpaired) electrons. The number of benzene rings is 1. The summed E-state index contributed by atoms with van der Waals surface area (Å²) in [4.78, 5) is 23.2. The zero-order valence-corrected chi connectivity index (χ0v) is 12.6. The van der Waals surface area contributed by atoms with Crippen LogP contribution in [0.25, 0.3) is 11.4 Å². The quantitative estimate of drug-likeness (QED) is 0.891. The standard InChI is InChI=1S/C16H18N4O3/c21-11-12-2-1-3-13(8-12)15-17-9-14(10-18-15)19-4-6-20(7-5-19)16(22)23/h1-3,8-10,21H,4-7,11H2,(H,22,23). The number of aliphatic hydroxyl groups is 1. The van der Waals surface area contributed by atoms with Gasteiger partial charge < -0.3 is 20.0 Å². The highest BCUT2D eigenvalue weighted by Gasteiger charge is 2.20. The Kier molecular flexibility index (Phi) is 4.38. The monoisotopic (exact) mass is 314 g/mol. The fourth-order valence-corrected chi connectivity index (χ4v) is 2.60. The van der Waals surface area contributed by atoms with Gasteiger partial charge in [-0.15, -0.1) is 0 Å². The predicted molar refractivity (Wildman–Crippen MR) is 85.2 cm³/mol. The van der Waals surface area contributed by atoms with Crippen molar-refractivity contribution in [1.82, 2.24) is 14.9 Å². The summed E-state index contributed by atoms with van der Waals surface area (Å²) in [6, 6.07) is 7.48. The van der Waals surface area contributed by atoms with Gasteiger partial charge in [-0.1, -0.05) is 18.2 Å². The van der Waals surface area contributed by atoms with Crippen molar-refractivity contribution in [3.63, 3.8) is 0 Å². The average Bonchev–Trinajstić information content (AvgIpc) is 2.62. The zero-order valence-electron chi connectivity index (χ0n) is 12.6. The Morgan fingerprint density at radius 2 is 1.83 bits per heavy atom. The summed E-state index contributed by atoms with van der Waals surface area (Å²) < 4.78 is 0. The van der Waals surface area contributed by atoms with Crippen molar-refractivity contribution < 1.29 is 15.0 Å². The lowest BCUT2D eigenvalue weighted by molar-refractivity contribution is 0.142. The van der Waals surface area contributed by atoms with Crippen LogP contribution in [0.2, 0.25) is 0 Å². The number of aromatic nitrogens is 2. The third kappa shape index (κ3) is 3.40. The summed E-state index contributed by atoms with van der Waals surface area (Å²) >= 11 is 0. The van der Waals surface area contributed by atoms with Gasteiger partial charge in [-0.05, 0) is 11.6 Å². The van der Waals surface area contributed by atoms with Gasteiger partial charge in [0.05, 0.1) is 24.7 Å². The number of anilines is 1. The summed E-state index contributed by atoms with van der Waals surface area (Å²) in [5.41, 5.74) is 2.57. The number of hydrogen-bond donors (Lipinski definition) is 2. The molecular weight excluding hydrogens is 296 g/mol. The highest BCUT2D eigenvalue weighted by molar-refractivity contribution is 5.65. The molecule has 7 heteroatoms. The van der Waals surface area contributed by atoms with E-state index in [0.29, 0.717) is 32.0 Å². The second-order valence-corrected chi connectivity index (χ2v) is 5.38. The molecule has 1 aromatic carbocycles. The molecule has 1 aromatic heterocycles. The molecule has 0 aliphatic carbocycles. The highest BCUT2D eigenvalue weighted by atomic mass is 16.4. The summed E-state index contributed by atoms with van der Waals surface area (Å²) in [6.07, 6.45) is 2.63. The molecule has 0 bridgehead atoms. The van der Waals surface area contributed by atoms with Crippen LogP contribution in [0, 0.1) is 0 Å². The molecule has 1 amide bonds. The minimum absolute atomic E-state index is 0.0141. The van der Waals surface area contributed by atoms with E-state index in [1.807, 2.05) is 24.3 Å². The fourth-order valence-electron chi connectivity index (χ4n) is 2.60. The number of carbonyl (C=O) groups is 1. The molecule has 2 heterocycles. The molecule has 1 aliphatic rings. The zero-order chi connectivity index (χ0) is 16.2. The lowest BCUT2D eigenvalue weighted by Crippen LogP contribution is -2.48. The molecule has 1 fully saturated rings. The van der Waals surface area contributed by atoms with Crippen molar-refractivity contribution in [2.75, 3.05) is 31.1 Å². The van der Waals surface area contributed by atoms with E-state index in [2.05, 4.69) is 14.9 Å². The first-order chi connectivity index (χ1) is 11.2. The van der Waals surface area contributed by atoms with Gasteiger partial charge in [0.25, 0.3) is 0 Å². The minimum atomic E-state index is -0.875. The van der Waals surface area contributed by atoms with Crippen LogP contribution < -0.4 is 4.90 Å². The van der Waals surface area contributed by atoms with Gasteiger partial charge in [0, 0.05) is 31.7 Å². The van der Waals surface area contributed by atoms with E-state index in [4.69, 9.17) is 5.11 Å². The first kappa shape index (κ1) is 15.2. The van der Waals surface area contributed by atoms with Crippen molar-refractivity contribution in [1.29, 1.82) is 0 Å². The summed E-state index contributed by atoms with van der Waals surface area (Å²) in [6.45, 7) is 2.22. The molecule has 23 heavy (non-hydrogen) atoms. The Hall–Kier alpha value is -2.67. The number of aliphatic hydroxyl groups excluding tert-OH is 1. The molecule has 0 unspecified atom stereocenters. The van der Waals surface area contributed by atoms with E-state index < -0.39 is 6.09 Å². The van der Waals surface area contributed by atoms with Crippen LogP contribution in [0.3, 0.4) is 0 Å². The molecule has 1 saturated heterocycles. The molecule has 0 spiro atoms. The van der Waals surface area contributed by atoms with Crippen molar-refractivity contribution in [2.45, 2.75) is 6.61 Å². The Morgan fingerprint density at radius 1 is 1.13 bits per heavy atom. The van der Waals surface area contributed by atoms with Gasteiger partial charge in [-0.25, -0.2) is 14.8 Å². The van der Waals surface area contributed by atoms with Crippen LogP contribution in [0.1, 0.15) is 5.56 Å². The second kappa shape index (κ2) is 6.62. The topological polar surface area (TPSA) is 89.8 Å². The van der Waals surface area contributed by atoms with E-state index in [9.17, 15) is 9.90 Å². The second-order valence-electron chi connectivity index (χ2n) is 5.38. The van der Waals surface area contributed by atoms with Gasteiger partial charge in [-0.3, -0.25) is 0 Å². The summed E-state index contributed by atoms with van der Waals surface area (Å²) in [7, 11) is 0. The van der Waals surface area contributed by atoms with Crippen LogP contribution in [0.4, 0.5) is 10.5 Å². The summed E-state index contributed by atoms with van der Waals surface area (Å²) in [5.74, 6) is 0.605. The molecular formula is C16H18N4O3. The van der Waals surface area contributed by atoms with Crippen LogP contribution in [0.15, 0.2) is 36.7 Å². The van der Waals surface area contributed by atoms with Crippen LogP contribution in [-0.2, 0) is 6.61 Å². The maximum atomic E-state index is 10.9. The average molecular weight is 314 g/mol. The van der Waals surface area contributed by atoms with Gasteiger partial charge in [0.2, 0.25) is 0 Å². The first-order valence-electron chi connectivity index (χ1n) is 7.42. The van der Waals surface area contributed by atoms with E-state index in [1.54, 1.807) is 12.4 Å². The van der Waals surface area contributed by atoms with Gasteiger partial charge >= 0.3 is 6.09 Å². The molecule has 2 N–H and O–H groups in total. The Labute approximate surface area is 133 Å². The normalized spacial score (nSPS) is 14.8. The molecule has 7 nitrogen and oxygen atoms in total. The number of nitrogens with zero attached hydrogens (tertiary/aromatic N) is 4. The van der Waals surface area contributed by atoms with E-state index in [1.165, 1.54) is 4.90 Å². The Balaban J connectivity index is 1.71. The number of carboxylic acid groups (broad SMARTS) is 1. The highest BCUT2D eigenvalue weighted by Crippen LogP contribution is 2.20. The third-order valence-corrected chi connectivity index (χ3v) is 3.92. The van der Waals surface area contributed by atoms with Gasteiger partial charge in [0.15, 0.2) is 5.82 Å². The SMILES string of the molecule is O=C(O)N1CCN(c2cnc(-c3cccc(CO)c3)nc2)CC1. The predicted octanol–water partition coefficient (Wildman–Crippen LogP) is 1.44. The van der Waals surface area contributed by atoms with Crippen molar-refractivity contribution >= 4 is 11.8 Å². The van der Waals surface area contributed by atoms with Crippen LogP contribution >= 0.6 is 0 Å². The van der Waals surface area contributed by atoms with Crippen molar-refractivity contribution in [3.8, 4) is 11.4 Å². The molecule has 0 atom stereocenters. The number of hydrogen-bond acceptors (Lipinski definition) is 5. The summed E-state index contributed by atoms with van der Waals surface area (Å²) in [5, 5.41) is 18.2. The molecule has 1 aliphatic heterocycles. The van der Waals surface area contributed by atoms with Crippen LogP contribution in [-0.4, -0.2) is 57.4 Å². The molecule has 2 aromatic rings. The largest absolute Gasteiger partial charge is 0.465 e. The molecule has 120 valence electrons. The molecule has 0 saturated carbocycles. The number of rotatable bonds is 3. The lowest BCUT2D eigenvalue weighted by atomic mass is 10.1. The first-order valence-corrected chi connectivity index (χ1v) is 7.42. The maximum Gasteiger partial charge on any atom is 0.407 e. The van der Waals surface area contributed by atoms with Crippen molar-refractivity contribution in [3.05, 3.63) is 42.2 Å². The number of piperazine rings is 1. The Morgan fingerprint density at radius 3 is 2.43 bits per heavy atom.